The van der Waals surface area contributed by atoms with Crippen LogP contribution in [0.4, 0.5) is 0 Å². The fraction of sp³-hybridized carbons (Fsp3) is 1.00. The Labute approximate surface area is 76.5 Å². The van der Waals surface area contributed by atoms with Crippen molar-refractivity contribution in [3.05, 3.63) is 0 Å². The van der Waals surface area contributed by atoms with E-state index in [1.165, 1.54) is 43.5 Å². The van der Waals surface area contributed by atoms with Crippen LogP contribution in [-0.4, -0.2) is 43.8 Å². The maximum absolute atomic E-state index is 3.41. The lowest BCUT2D eigenvalue weighted by atomic mass is 10.0. The van der Waals surface area contributed by atoms with Gasteiger partial charge in [0, 0.05) is 0 Å². The number of likely N-dealkylation sites (tertiary alicyclic amines) is 1. The van der Waals surface area contributed by atoms with Gasteiger partial charge in [-0.2, -0.15) is 0 Å². The second-order valence-electron chi connectivity index (χ2n) is 4.01. The van der Waals surface area contributed by atoms with Crippen molar-refractivity contribution in [1.82, 2.24) is 5.32 Å². The number of piperidine rings is 1. The second kappa shape index (κ2) is 4.24. The van der Waals surface area contributed by atoms with Gasteiger partial charge in [-0.15, -0.1) is 0 Å². The first-order valence-corrected chi connectivity index (χ1v) is 5.28. The van der Waals surface area contributed by atoms with Crippen molar-refractivity contribution in [2.45, 2.75) is 32.7 Å². The van der Waals surface area contributed by atoms with Crippen molar-refractivity contribution < 1.29 is 4.48 Å². The van der Waals surface area contributed by atoms with Gasteiger partial charge in [0.15, 0.2) is 0 Å². The van der Waals surface area contributed by atoms with Crippen molar-refractivity contribution in [2.75, 3.05) is 33.2 Å². The zero-order chi connectivity index (χ0) is 9.03. The third-order valence-electron chi connectivity index (χ3n) is 3.54. The van der Waals surface area contributed by atoms with Crippen molar-refractivity contribution in [3.63, 3.8) is 0 Å². The molecule has 2 nitrogen and oxygen atoms in total. The first kappa shape index (κ1) is 10.0. The summed E-state index contributed by atoms with van der Waals surface area (Å²) in [7, 11) is 2.09. The van der Waals surface area contributed by atoms with Gasteiger partial charge in [0.2, 0.25) is 0 Å². The fourth-order valence-corrected chi connectivity index (χ4v) is 2.36. The van der Waals surface area contributed by atoms with Gasteiger partial charge < -0.3 is 9.80 Å². The third kappa shape index (κ3) is 1.99. The Morgan fingerprint density at radius 3 is 2.50 bits per heavy atom. The van der Waals surface area contributed by atoms with Crippen LogP contribution in [0.1, 0.15) is 26.7 Å². The van der Waals surface area contributed by atoms with E-state index >= 15 is 0 Å². The Kier molecular flexibility index (Phi) is 3.53. The predicted octanol–water partition coefficient (Wildman–Crippen LogP) is 1.22. The Bertz CT molecular complexity index is 130. The highest BCUT2D eigenvalue weighted by molar-refractivity contribution is 4.68. The number of likely N-dealkylation sites (N-methyl/N-ethyl adjacent to an activating group) is 2. The molecular formula is C10H23N2+. The van der Waals surface area contributed by atoms with Crippen LogP contribution < -0.4 is 5.32 Å². The van der Waals surface area contributed by atoms with Gasteiger partial charge in [-0.25, -0.2) is 0 Å². The van der Waals surface area contributed by atoms with Crippen LogP contribution in [0.15, 0.2) is 0 Å². The standard InChI is InChI=1S/C10H23N2/c1-4-12(5-2)8-6-7-10(9-12)11-3/h10-11H,4-9H2,1-3H3/q+1. The summed E-state index contributed by atoms with van der Waals surface area (Å²) in [6, 6.07) is 0.763. The molecule has 0 saturated carbocycles. The number of quaternary nitrogens is 1. The van der Waals surface area contributed by atoms with Crippen molar-refractivity contribution in [2.24, 2.45) is 0 Å². The number of hydrogen-bond donors (Lipinski definition) is 1. The first-order chi connectivity index (χ1) is 5.76. The molecule has 1 saturated heterocycles. The summed E-state index contributed by atoms with van der Waals surface area (Å²) < 4.78 is 1.32. The van der Waals surface area contributed by atoms with E-state index in [9.17, 15) is 0 Å². The van der Waals surface area contributed by atoms with Gasteiger partial charge in [0.25, 0.3) is 0 Å². The quantitative estimate of drug-likeness (QED) is 0.630. The van der Waals surface area contributed by atoms with Gasteiger partial charge in [0.05, 0.1) is 32.2 Å². The van der Waals surface area contributed by atoms with Crippen LogP contribution in [0.5, 0.6) is 0 Å². The number of nitrogens with zero attached hydrogens (tertiary/aromatic N) is 1. The van der Waals surface area contributed by atoms with E-state index in [1.54, 1.807) is 0 Å². The molecule has 0 radical (unpaired) electrons. The molecule has 0 aromatic rings. The summed E-state index contributed by atoms with van der Waals surface area (Å²) in [5, 5.41) is 3.41. The molecule has 1 fully saturated rings. The number of hydrogen-bond acceptors (Lipinski definition) is 1. The predicted molar refractivity (Wildman–Crippen MR) is 53.2 cm³/mol. The average molecular weight is 171 g/mol. The van der Waals surface area contributed by atoms with E-state index in [4.69, 9.17) is 0 Å². The van der Waals surface area contributed by atoms with Crippen LogP contribution in [0.3, 0.4) is 0 Å². The molecule has 1 unspecified atom stereocenters. The molecule has 0 aliphatic carbocycles. The summed E-state index contributed by atoms with van der Waals surface area (Å²) in [5.41, 5.74) is 0. The number of nitrogens with one attached hydrogen (secondary N) is 1. The largest absolute Gasteiger partial charge is 0.323 e. The minimum Gasteiger partial charge on any atom is -0.323 e. The lowest BCUT2D eigenvalue weighted by Crippen LogP contribution is -2.58. The highest BCUT2D eigenvalue weighted by Gasteiger charge is 2.30. The molecule has 72 valence electrons. The molecule has 1 rings (SSSR count). The molecule has 1 atom stereocenters. The van der Waals surface area contributed by atoms with Crippen LogP contribution in [-0.2, 0) is 0 Å². The average Bonchev–Trinajstić information content (AvgIpc) is 2.18. The second-order valence-corrected chi connectivity index (χ2v) is 4.01. The topological polar surface area (TPSA) is 12.0 Å². The SMILES string of the molecule is CC[N+]1(CC)CCCC(NC)C1. The van der Waals surface area contributed by atoms with Crippen molar-refractivity contribution in [3.8, 4) is 0 Å². The monoisotopic (exact) mass is 171 g/mol. The summed E-state index contributed by atoms with van der Waals surface area (Å²) >= 11 is 0. The van der Waals surface area contributed by atoms with Gasteiger partial charge in [-0.1, -0.05) is 0 Å². The van der Waals surface area contributed by atoms with Crippen molar-refractivity contribution >= 4 is 0 Å². The van der Waals surface area contributed by atoms with E-state index in [2.05, 4.69) is 26.2 Å². The van der Waals surface area contributed by atoms with E-state index in [0.29, 0.717) is 0 Å². The van der Waals surface area contributed by atoms with E-state index in [1.807, 2.05) is 0 Å². The van der Waals surface area contributed by atoms with Crippen LogP contribution in [0.25, 0.3) is 0 Å². The molecule has 0 bridgehead atoms. The smallest absolute Gasteiger partial charge is 0.0942 e. The minimum absolute atomic E-state index is 0.763. The van der Waals surface area contributed by atoms with Crippen LogP contribution in [0.2, 0.25) is 0 Å². The van der Waals surface area contributed by atoms with E-state index in [0.717, 1.165) is 6.04 Å². The van der Waals surface area contributed by atoms with Crippen LogP contribution >= 0.6 is 0 Å². The molecule has 12 heavy (non-hydrogen) atoms. The van der Waals surface area contributed by atoms with E-state index in [-0.39, 0.29) is 0 Å². The molecule has 1 N–H and O–H groups in total. The number of rotatable bonds is 3. The van der Waals surface area contributed by atoms with Gasteiger partial charge in [0.1, 0.15) is 0 Å². The summed E-state index contributed by atoms with van der Waals surface area (Å²) in [6.07, 6.45) is 2.77. The first-order valence-electron chi connectivity index (χ1n) is 5.28. The molecule has 1 heterocycles. The van der Waals surface area contributed by atoms with Gasteiger partial charge in [-0.05, 0) is 33.7 Å². The molecule has 2 heteroatoms. The molecule has 0 aromatic heterocycles. The lowest BCUT2D eigenvalue weighted by Gasteiger charge is -2.43. The van der Waals surface area contributed by atoms with Gasteiger partial charge >= 0.3 is 0 Å². The molecule has 1 aliphatic heterocycles. The normalized spacial score (nSPS) is 28.8. The summed E-state index contributed by atoms with van der Waals surface area (Å²) in [4.78, 5) is 0. The molecule has 0 spiro atoms. The lowest BCUT2D eigenvalue weighted by molar-refractivity contribution is -0.930. The summed E-state index contributed by atoms with van der Waals surface area (Å²) in [5.74, 6) is 0. The zero-order valence-electron chi connectivity index (χ0n) is 8.77. The Morgan fingerprint density at radius 1 is 1.33 bits per heavy atom. The highest BCUT2D eigenvalue weighted by atomic mass is 15.4. The Balaban J connectivity index is 2.52. The highest BCUT2D eigenvalue weighted by Crippen LogP contribution is 2.18. The Hall–Kier alpha value is -0.0800. The summed E-state index contributed by atoms with van der Waals surface area (Å²) in [6.45, 7) is 9.97. The fourth-order valence-electron chi connectivity index (χ4n) is 2.36. The van der Waals surface area contributed by atoms with Crippen molar-refractivity contribution in [1.29, 1.82) is 0 Å². The Morgan fingerprint density at radius 2 is 2.00 bits per heavy atom. The maximum Gasteiger partial charge on any atom is 0.0942 e. The zero-order valence-corrected chi connectivity index (χ0v) is 8.77. The molecule has 1 aliphatic rings. The minimum atomic E-state index is 0.763. The van der Waals surface area contributed by atoms with E-state index < -0.39 is 0 Å². The van der Waals surface area contributed by atoms with Crippen LogP contribution in [0, 0.1) is 0 Å². The molecule has 0 aromatic carbocycles. The maximum atomic E-state index is 3.41. The molecule has 0 amide bonds. The third-order valence-corrected chi connectivity index (χ3v) is 3.54. The molecular weight excluding hydrogens is 148 g/mol. The van der Waals surface area contributed by atoms with Gasteiger partial charge in [-0.3, -0.25) is 0 Å².